The first-order valence-corrected chi connectivity index (χ1v) is 3.90. The normalized spacial score (nSPS) is 11.6. The van der Waals surface area contributed by atoms with E-state index in [1.807, 2.05) is 26.8 Å². The second-order valence-corrected chi connectivity index (χ2v) is 3.91. The Morgan fingerprint density at radius 1 is 1.33 bits per heavy atom. The number of rotatable bonds is 0. The van der Waals surface area contributed by atoms with Crippen molar-refractivity contribution < 1.29 is 0 Å². The van der Waals surface area contributed by atoms with Crippen LogP contribution < -0.4 is 11.3 Å². The minimum atomic E-state index is -0.206. The Kier molecular flexibility index (Phi) is 1.96. The first-order chi connectivity index (χ1) is 5.41. The van der Waals surface area contributed by atoms with Crippen molar-refractivity contribution in [2.45, 2.75) is 26.2 Å². The molecular weight excluding hydrogens is 152 g/mol. The van der Waals surface area contributed by atoms with Crippen LogP contribution in [0.1, 0.15) is 26.5 Å². The van der Waals surface area contributed by atoms with Gasteiger partial charge in [0, 0.05) is 11.1 Å². The monoisotopic (exact) mass is 166 g/mol. The van der Waals surface area contributed by atoms with E-state index in [-0.39, 0.29) is 16.7 Å². The first-order valence-electron chi connectivity index (χ1n) is 3.90. The molecule has 0 unspecified atom stereocenters. The molecule has 3 nitrogen and oxygen atoms in total. The maximum atomic E-state index is 11.1. The van der Waals surface area contributed by atoms with Crippen LogP contribution in [0.25, 0.3) is 0 Å². The first kappa shape index (κ1) is 8.84. The third-order valence-electron chi connectivity index (χ3n) is 1.75. The highest BCUT2D eigenvalue weighted by atomic mass is 16.1. The quantitative estimate of drug-likeness (QED) is 0.609. The molecule has 0 fully saturated rings. The summed E-state index contributed by atoms with van der Waals surface area (Å²) >= 11 is 0. The molecule has 12 heavy (non-hydrogen) atoms. The molecule has 3 N–H and O–H groups in total. The van der Waals surface area contributed by atoms with E-state index in [2.05, 4.69) is 4.98 Å². The summed E-state index contributed by atoms with van der Waals surface area (Å²) in [6.07, 6.45) is 0. The number of aromatic nitrogens is 1. The molecule has 1 aromatic rings. The van der Waals surface area contributed by atoms with Crippen molar-refractivity contribution >= 4 is 5.69 Å². The van der Waals surface area contributed by atoms with E-state index >= 15 is 0 Å². The zero-order valence-electron chi connectivity index (χ0n) is 7.64. The van der Waals surface area contributed by atoms with E-state index in [1.165, 1.54) is 0 Å². The van der Waals surface area contributed by atoms with E-state index < -0.39 is 0 Å². The van der Waals surface area contributed by atoms with Crippen LogP contribution in [0.4, 0.5) is 5.69 Å². The Morgan fingerprint density at radius 2 is 1.92 bits per heavy atom. The van der Waals surface area contributed by atoms with E-state index in [9.17, 15) is 4.79 Å². The van der Waals surface area contributed by atoms with Crippen LogP contribution in [0.5, 0.6) is 0 Å². The summed E-state index contributed by atoms with van der Waals surface area (Å²) in [5, 5.41) is 0. The fourth-order valence-corrected chi connectivity index (χ4v) is 0.922. The van der Waals surface area contributed by atoms with Gasteiger partial charge < -0.3 is 10.7 Å². The Hall–Kier alpha value is -1.25. The average molecular weight is 166 g/mol. The topological polar surface area (TPSA) is 58.9 Å². The highest BCUT2D eigenvalue weighted by molar-refractivity contribution is 5.35. The molecular formula is C9H14N2O. The summed E-state index contributed by atoms with van der Waals surface area (Å²) in [6.45, 7) is 6.11. The highest BCUT2D eigenvalue weighted by Crippen LogP contribution is 2.18. The van der Waals surface area contributed by atoms with Gasteiger partial charge in [0.05, 0.1) is 5.69 Å². The molecule has 3 heteroatoms. The van der Waals surface area contributed by atoms with Crippen molar-refractivity contribution in [2.75, 3.05) is 5.73 Å². The Bertz CT molecular complexity index is 333. The number of pyridine rings is 1. The maximum Gasteiger partial charge on any atom is 0.271 e. The number of anilines is 1. The van der Waals surface area contributed by atoms with Crippen LogP contribution >= 0.6 is 0 Å². The van der Waals surface area contributed by atoms with Crippen molar-refractivity contribution in [2.24, 2.45) is 0 Å². The summed E-state index contributed by atoms with van der Waals surface area (Å²) in [5.74, 6) is 0. The lowest BCUT2D eigenvalue weighted by atomic mass is 9.92. The molecule has 0 aliphatic carbocycles. The number of H-pyrrole nitrogens is 1. The highest BCUT2D eigenvalue weighted by Gasteiger charge is 2.14. The van der Waals surface area contributed by atoms with Gasteiger partial charge in [0.25, 0.3) is 5.56 Å². The van der Waals surface area contributed by atoms with E-state index in [0.717, 1.165) is 5.69 Å². The van der Waals surface area contributed by atoms with Crippen molar-refractivity contribution in [3.05, 3.63) is 28.2 Å². The fraction of sp³-hybridized carbons (Fsp3) is 0.444. The van der Waals surface area contributed by atoms with Crippen LogP contribution in [0, 0.1) is 0 Å². The number of nitrogens with one attached hydrogen (secondary N) is 1. The van der Waals surface area contributed by atoms with Gasteiger partial charge in [0.15, 0.2) is 0 Å². The molecule has 1 aromatic heterocycles. The smallest absolute Gasteiger partial charge is 0.271 e. The van der Waals surface area contributed by atoms with Gasteiger partial charge in [0.1, 0.15) is 0 Å². The van der Waals surface area contributed by atoms with Crippen molar-refractivity contribution in [1.29, 1.82) is 0 Å². The molecule has 0 amide bonds. The Morgan fingerprint density at radius 3 is 2.33 bits per heavy atom. The minimum absolute atomic E-state index is 0.0349. The van der Waals surface area contributed by atoms with E-state index in [4.69, 9.17) is 5.73 Å². The van der Waals surface area contributed by atoms with Gasteiger partial charge in [0.2, 0.25) is 0 Å². The second-order valence-electron chi connectivity index (χ2n) is 3.91. The van der Waals surface area contributed by atoms with Crippen LogP contribution in [0.3, 0.4) is 0 Å². The largest absolute Gasteiger partial charge is 0.394 e. The predicted molar refractivity (Wildman–Crippen MR) is 50.2 cm³/mol. The van der Waals surface area contributed by atoms with E-state index in [0.29, 0.717) is 0 Å². The Balaban J connectivity index is 3.23. The minimum Gasteiger partial charge on any atom is -0.394 e. The number of nitrogen functional groups attached to an aromatic ring is 1. The zero-order valence-corrected chi connectivity index (χ0v) is 7.64. The summed E-state index contributed by atoms with van der Waals surface area (Å²) < 4.78 is 0. The molecule has 0 radical (unpaired) electrons. The summed E-state index contributed by atoms with van der Waals surface area (Å²) in [6, 6.07) is 3.48. The SMILES string of the molecule is CC(C)(C)c1ccc(N)c(=O)[nH]1. The lowest BCUT2D eigenvalue weighted by molar-refractivity contribution is 0.567. The van der Waals surface area contributed by atoms with Gasteiger partial charge in [-0.3, -0.25) is 4.79 Å². The van der Waals surface area contributed by atoms with Crippen LogP contribution in [-0.2, 0) is 5.41 Å². The third-order valence-corrected chi connectivity index (χ3v) is 1.75. The molecule has 1 rings (SSSR count). The lowest BCUT2D eigenvalue weighted by Crippen LogP contribution is -2.20. The maximum absolute atomic E-state index is 11.1. The van der Waals surface area contributed by atoms with Gasteiger partial charge in [-0.25, -0.2) is 0 Å². The summed E-state index contributed by atoms with van der Waals surface area (Å²) in [5.41, 5.74) is 6.32. The van der Waals surface area contributed by atoms with Gasteiger partial charge in [-0.1, -0.05) is 20.8 Å². The molecule has 0 aliphatic heterocycles. The third kappa shape index (κ3) is 1.67. The van der Waals surface area contributed by atoms with Crippen molar-refractivity contribution in [3.8, 4) is 0 Å². The Labute approximate surface area is 71.6 Å². The second kappa shape index (κ2) is 2.66. The van der Waals surface area contributed by atoms with Gasteiger partial charge >= 0.3 is 0 Å². The average Bonchev–Trinajstić information content (AvgIpc) is 1.92. The van der Waals surface area contributed by atoms with E-state index in [1.54, 1.807) is 6.07 Å². The molecule has 0 aliphatic rings. The number of hydrogen-bond donors (Lipinski definition) is 2. The van der Waals surface area contributed by atoms with Crippen LogP contribution in [0.2, 0.25) is 0 Å². The molecule has 0 bridgehead atoms. The lowest BCUT2D eigenvalue weighted by Gasteiger charge is -2.17. The van der Waals surface area contributed by atoms with Crippen molar-refractivity contribution in [3.63, 3.8) is 0 Å². The van der Waals surface area contributed by atoms with Crippen molar-refractivity contribution in [1.82, 2.24) is 4.98 Å². The number of hydrogen-bond acceptors (Lipinski definition) is 2. The fourth-order valence-electron chi connectivity index (χ4n) is 0.922. The van der Waals surface area contributed by atoms with Crippen LogP contribution in [0.15, 0.2) is 16.9 Å². The molecule has 0 saturated heterocycles. The molecule has 1 heterocycles. The molecule has 0 atom stereocenters. The summed E-state index contributed by atoms with van der Waals surface area (Å²) in [4.78, 5) is 13.8. The van der Waals surface area contributed by atoms with Crippen LogP contribution in [-0.4, -0.2) is 4.98 Å². The molecule has 0 saturated carbocycles. The van der Waals surface area contributed by atoms with Gasteiger partial charge in [-0.15, -0.1) is 0 Å². The van der Waals surface area contributed by atoms with Gasteiger partial charge in [-0.05, 0) is 12.1 Å². The number of aromatic amines is 1. The standard InChI is InChI=1S/C9H14N2O/c1-9(2,3)7-5-4-6(10)8(12)11-7/h4-5H,10H2,1-3H3,(H,11,12). The molecule has 0 spiro atoms. The summed E-state index contributed by atoms with van der Waals surface area (Å²) in [7, 11) is 0. The molecule has 0 aromatic carbocycles. The zero-order chi connectivity index (χ0) is 9.35. The van der Waals surface area contributed by atoms with Gasteiger partial charge in [-0.2, -0.15) is 0 Å². The number of nitrogens with two attached hydrogens (primary N) is 1. The predicted octanol–water partition coefficient (Wildman–Crippen LogP) is 1.25. The molecule has 66 valence electrons.